The van der Waals surface area contributed by atoms with Crippen LogP contribution in [-0.4, -0.2) is 31.3 Å². The molecule has 0 spiro atoms. The lowest BCUT2D eigenvalue weighted by atomic mass is 10.2. The van der Waals surface area contributed by atoms with E-state index in [1.165, 1.54) is 11.0 Å². The largest absolute Gasteiger partial charge is 0.490 e. The summed E-state index contributed by atoms with van der Waals surface area (Å²) in [6.45, 7) is 1.84. The summed E-state index contributed by atoms with van der Waals surface area (Å²) in [6.07, 6.45) is 1.23. The second-order valence-corrected chi connectivity index (χ2v) is 5.21. The van der Waals surface area contributed by atoms with Crippen LogP contribution in [0.15, 0.2) is 40.2 Å². The number of nitrogens with one attached hydrogen (secondary N) is 1. The van der Waals surface area contributed by atoms with Crippen molar-refractivity contribution in [2.45, 2.75) is 13.5 Å². The lowest BCUT2D eigenvalue weighted by Crippen LogP contribution is -2.20. The number of nitrogens with zero attached hydrogens (tertiary/aromatic N) is 5. The quantitative estimate of drug-likeness (QED) is 0.491. The van der Waals surface area contributed by atoms with Crippen LogP contribution in [0.3, 0.4) is 0 Å². The summed E-state index contributed by atoms with van der Waals surface area (Å²) in [5.74, 6) is -0.837. The molecule has 0 saturated carbocycles. The molecule has 10 heteroatoms. The van der Waals surface area contributed by atoms with Crippen LogP contribution in [0.2, 0.25) is 0 Å². The van der Waals surface area contributed by atoms with Crippen LogP contribution in [0.5, 0.6) is 0 Å². The van der Waals surface area contributed by atoms with Crippen LogP contribution in [0.25, 0.3) is 0 Å². The van der Waals surface area contributed by atoms with E-state index in [0.717, 1.165) is 4.47 Å². The number of carbonyl (C=O) groups is 1. The fourth-order valence-electron chi connectivity index (χ4n) is 1.55. The number of amides is 1. The fourth-order valence-corrected chi connectivity index (χ4v) is 1.95. The summed E-state index contributed by atoms with van der Waals surface area (Å²) < 4.78 is 2.05. The summed E-state index contributed by atoms with van der Waals surface area (Å²) >= 11 is 3.28. The first-order valence-corrected chi connectivity index (χ1v) is 6.88. The maximum Gasteiger partial charge on any atom is 0.490 e. The molecule has 0 saturated heterocycles. The van der Waals surface area contributed by atoms with E-state index in [9.17, 15) is 14.9 Å². The highest BCUT2D eigenvalue weighted by atomic mass is 79.9. The molecule has 1 aromatic carbocycles. The van der Waals surface area contributed by atoms with Gasteiger partial charge < -0.3 is 10.1 Å². The van der Waals surface area contributed by atoms with Gasteiger partial charge in [-0.3, -0.25) is 4.79 Å². The van der Waals surface area contributed by atoms with E-state index >= 15 is 0 Å². The van der Waals surface area contributed by atoms with E-state index in [-0.39, 0.29) is 12.5 Å². The maximum absolute atomic E-state index is 11.9. The average Bonchev–Trinajstić information content (AvgIpc) is 2.93. The monoisotopic (exact) mass is 366 g/mol. The number of benzene rings is 1. The molecule has 0 aliphatic heterocycles. The van der Waals surface area contributed by atoms with Crippen molar-refractivity contribution in [3.05, 3.63) is 50.7 Å². The van der Waals surface area contributed by atoms with Crippen molar-refractivity contribution in [2.75, 3.05) is 0 Å². The van der Waals surface area contributed by atoms with Gasteiger partial charge in [0.1, 0.15) is 0 Å². The third-order valence-corrected chi connectivity index (χ3v) is 3.01. The van der Waals surface area contributed by atoms with Gasteiger partial charge in [0.25, 0.3) is 5.91 Å². The van der Waals surface area contributed by atoms with Crippen molar-refractivity contribution in [1.29, 1.82) is 0 Å². The zero-order valence-corrected chi connectivity index (χ0v) is 13.0. The minimum absolute atomic E-state index is 0.180. The van der Waals surface area contributed by atoms with Crippen molar-refractivity contribution in [3.8, 4) is 0 Å². The maximum atomic E-state index is 11.9. The summed E-state index contributed by atoms with van der Waals surface area (Å²) in [6, 6.07) is 6.87. The van der Waals surface area contributed by atoms with Crippen LogP contribution in [0.4, 0.5) is 5.95 Å². The zero-order valence-electron chi connectivity index (χ0n) is 11.4. The Kier molecular flexibility index (Phi) is 4.94. The first kappa shape index (κ1) is 15.8. The molecular weight excluding hydrogens is 356 g/mol. The zero-order chi connectivity index (χ0) is 16.1. The Balaban J connectivity index is 1.97. The minimum Gasteiger partial charge on any atom is -0.390 e. The number of hydrogen-bond donors (Lipinski definition) is 1. The van der Waals surface area contributed by atoms with Crippen LogP contribution >= 0.6 is 15.9 Å². The van der Waals surface area contributed by atoms with Crippen molar-refractivity contribution in [2.24, 2.45) is 5.10 Å². The first-order chi connectivity index (χ1) is 10.5. The van der Waals surface area contributed by atoms with Gasteiger partial charge in [0.15, 0.2) is 0 Å². The number of aromatic nitrogens is 3. The summed E-state index contributed by atoms with van der Waals surface area (Å²) in [5, 5.41) is 18.1. The highest BCUT2D eigenvalue weighted by Gasteiger charge is 2.13. The molecular formula is C12H11BrN6O3. The molecule has 114 valence electrons. The molecule has 1 N–H and O–H groups in total. The molecule has 0 radical (unpaired) electrons. The molecule has 0 aliphatic rings. The molecule has 0 aliphatic carbocycles. The topological polar surface area (TPSA) is 115 Å². The Bertz CT molecular complexity index is 742. The van der Waals surface area contributed by atoms with E-state index in [1.54, 1.807) is 25.1 Å². The van der Waals surface area contributed by atoms with Crippen LogP contribution in [-0.2, 0) is 6.54 Å². The van der Waals surface area contributed by atoms with E-state index in [0.29, 0.717) is 11.3 Å². The minimum atomic E-state index is -0.683. The Morgan fingerprint density at radius 2 is 2.32 bits per heavy atom. The molecule has 1 aromatic heterocycles. The number of hydrogen-bond acceptors (Lipinski definition) is 6. The van der Waals surface area contributed by atoms with E-state index in [1.807, 2.05) is 6.07 Å². The molecule has 9 nitrogen and oxygen atoms in total. The summed E-state index contributed by atoms with van der Waals surface area (Å²) in [5.41, 5.74) is 3.39. The van der Waals surface area contributed by atoms with Crippen molar-refractivity contribution >= 4 is 33.5 Å². The van der Waals surface area contributed by atoms with Gasteiger partial charge in [-0.1, -0.05) is 27.0 Å². The lowest BCUT2D eigenvalue weighted by molar-refractivity contribution is -0.394. The highest BCUT2D eigenvalue weighted by molar-refractivity contribution is 9.10. The molecule has 0 bridgehead atoms. The van der Waals surface area contributed by atoms with Gasteiger partial charge in [0.05, 0.1) is 12.3 Å². The predicted molar refractivity (Wildman–Crippen MR) is 81.4 cm³/mol. The Morgan fingerprint density at radius 1 is 1.55 bits per heavy atom. The average molecular weight is 367 g/mol. The second-order valence-electron chi connectivity index (χ2n) is 4.30. The van der Waals surface area contributed by atoms with Crippen LogP contribution in [0.1, 0.15) is 17.3 Å². The predicted octanol–water partition coefficient (Wildman–Crippen LogP) is 1.75. The third kappa shape index (κ3) is 4.19. The molecule has 1 heterocycles. The Morgan fingerprint density at radius 3 is 2.95 bits per heavy atom. The number of rotatable bonds is 5. The Labute approximate surface area is 133 Å². The Hall–Kier alpha value is -2.62. The lowest BCUT2D eigenvalue weighted by Gasteiger charge is -2.02. The van der Waals surface area contributed by atoms with Crippen LogP contribution in [0, 0.1) is 10.1 Å². The van der Waals surface area contributed by atoms with Gasteiger partial charge in [0, 0.05) is 15.1 Å². The fraction of sp³-hybridized carbons (Fsp3) is 0.167. The molecule has 0 unspecified atom stereocenters. The van der Waals surface area contributed by atoms with Crippen molar-refractivity contribution < 1.29 is 9.72 Å². The summed E-state index contributed by atoms with van der Waals surface area (Å²) in [4.78, 5) is 25.2. The first-order valence-electron chi connectivity index (χ1n) is 6.08. The number of nitro groups is 1. The third-order valence-electron chi connectivity index (χ3n) is 2.51. The molecule has 1 amide bonds. The van der Waals surface area contributed by atoms with Gasteiger partial charge in [-0.25, -0.2) is 5.43 Å². The molecule has 22 heavy (non-hydrogen) atoms. The second kappa shape index (κ2) is 6.89. The number of carbonyl (C=O) groups excluding carboxylic acids is 1. The number of hydrazone groups is 1. The molecule has 0 atom stereocenters. The van der Waals surface area contributed by atoms with Gasteiger partial charge in [0.2, 0.25) is 6.33 Å². The van der Waals surface area contributed by atoms with Crippen molar-refractivity contribution in [3.63, 3.8) is 0 Å². The van der Waals surface area contributed by atoms with E-state index in [4.69, 9.17) is 0 Å². The smallest absolute Gasteiger partial charge is 0.390 e. The SMILES string of the molecule is C/C(Cn1cnc([N+](=O)[O-])n1)=N\NC(=O)c1cccc(Br)c1. The van der Waals surface area contributed by atoms with Gasteiger partial charge in [-0.2, -0.15) is 9.78 Å². The normalized spacial score (nSPS) is 11.3. The van der Waals surface area contributed by atoms with E-state index < -0.39 is 10.9 Å². The van der Waals surface area contributed by atoms with Crippen LogP contribution < -0.4 is 5.43 Å². The molecule has 2 rings (SSSR count). The van der Waals surface area contributed by atoms with Gasteiger partial charge in [-0.05, 0) is 30.0 Å². The van der Waals surface area contributed by atoms with E-state index in [2.05, 4.69) is 36.5 Å². The highest BCUT2D eigenvalue weighted by Crippen LogP contribution is 2.11. The molecule has 0 fully saturated rings. The number of halogens is 1. The molecule has 2 aromatic rings. The van der Waals surface area contributed by atoms with Crippen molar-refractivity contribution in [1.82, 2.24) is 20.2 Å². The van der Waals surface area contributed by atoms with Gasteiger partial charge in [-0.15, -0.1) is 0 Å². The standard InChI is InChI=1S/C12H11BrN6O3/c1-8(6-18-7-14-12(17-18)19(21)22)15-16-11(20)9-3-2-4-10(13)5-9/h2-5,7H,6H2,1H3,(H,16,20)/b15-8+. The summed E-state index contributed by atoms with van der Waals surface area (Å²) in [7, 11) is 0. The van der Waals surface area contributed by atoms with Gasteiger partial charge >= 0.3 is 5.95 Å².